The standard InChI is InChI=1S/C34H33BrCl2N4O4/c35-21-6-9-29(45-24-10-14-41(15-11-24)33(44)40-12-1-2-13-40)25(17-21)31-34(26-8-7-23(37)18-28(26)38-32(34)43)27(19-30(42)39-31)20-4-3-5-22(36)16-20/h3-9,16-18,24,27,31H,1-2,10-15,19H2,(H,38,43)(H,39,42)/t27-,31+,34?/m0/s1. The Hall–Kier alpha value is -3.27. The molecule has 2 N–H and O–H groups in total. The fourth-order valence-electron chi connectivity index (χ4n) is 7.57. The van der Waals surface area contributed by atoms with Crippen molar-refractivity contribution in [2.75, 3.05) is 31.5 Å². The van der Waals surface area contributed by atoms with Gasteiger partial charge >= 0.3 is 6.03 Å². The van der Waals surface area contributed by atoms with E-state index in [-0.39, 0.29) is 30.4 Å². The lowest BCUT2D eigenvalue weighted by Crippen LogP contribution is -2.57. The molecule has 45 heavy (non-hydrogen) atoms. The van der Waals surface area contributed by atoms with Crippen LogP contribution in [0, 0.1) is 0 Å². The molecule has 7 rings (SSSR count). The number of urea groups is 1. The summed E-state index contributed by atoms with van der Waals surface area (Å²) >= 11 is 16.5. The van der Waals surface area contributed by atoms with E-state index in [2.05, 4.69) is 26.6 Å². The van der Waals surface area contributed by atoms with Gasteiger partial charge in [0.2, 0.25) is 11.8 Å². The highest BCUT2D eigenvalue weighted by Crippen LogP contribution is 2.58. The molecule has 0 radical (unpaired) electrons. The molecule has 0 saturated carbocycles. The highest BCUT2D eigenvalue weighted by atomic mass is 79.9. The molecule has 3 aromatic rings. The number of likely N-dealkylation sites (tertiary alicyclic amines) is 2. The van der Waals surface area contributed by atoms with Gasteiger partial charge in [-0.1, -0.05) is 57.3 Å². The number of piperidine rings is 2. The molecule has 0 aliphatic carbocycles. The lowest BCUT2D eigenvalue weighted by atomic mass is 9.59. The summed E-state index contributed by atoms with van der Waals surface area (Å²) < 4.78 is 7.48. The van der Waals surface area contributed by atoms with E-state index < -0.39 is 17.4 Å². The lowest BCUT2D eigenvalue weighted by molar-refractivity contribution is -0.131. The first-order valence-electron chi connectivity index (χ1n) is 15.4. The molecule has 3 saturated heterocycles. The second kappa shape index (κ2) is 12.2. The van der Waals surface area contributed by atoms with Gasteiger partial charge in [-0.05, 0) is 66.4 Å². The molecule has 3 aromatic carbocycles. The molecular formula is C34H33BrCl2N4O4. The Morgan fingerprint density at radius 2 is 1.64 bits per heavy atom. The third kappa shape index (κ3) is 5.47. The highest BCUT2D eigenvalue weighted by molar-refractivity contribution is 9.10. The molecule has 4 aliphatic heterocycles. The van der Waals surface area contributed by atoms with Crippen LogP contribution in [-0.2, 0) is 15.0 Å². The van der Waals surface area contributed by atoms with Gasteiger partial charge < -0.3 is 25.2 Å². The zero-order valence-electron chi connectivity index (χ0n) is 24.5. The number of amides is 4. The summed E-state index contributed by atoms with van der Waals surface area (Å²) in [7, 11) is 0. The Labute approximate surface area is 280 Å². The fraction of sp³-hybridized carbons (Fsp3) is 0.382. The van der Waals surface area contributed by atoms with Gasteiger partial charge in [-0.3, -0.25) is 9.59 Å². The van der Waals surface area contributed by atoms with Crippen molar-refractivity contribution in [2.24, 2.45) is 0 Å². The van der Waals surface area contributed by atoms with Gasteiger partial charge in [-0.15, -0.1) is 0 Å². The summed E-state index contributed by atoms with van der Waals surface area (Å²) in [5, 5.41) is 7.31. The molecule has 8 nitrogen and oxygen atoms in total. The molecular weight excluding hydrogens is 679 g/mol. The Bertz CT molecular complexity index is 1670. The lowest BCUT2D eigenvalue weighted by Gasteiger charge is -2.47. The van der Waals surface area contributed by atoms with E-state index in [9.17, 15) is 14.4 Å². The maximum absolute atomic E-state index is 14.4. The van der Waals surface area contributed by atoms with Crippen LogP contribution in [-0.4, -0.2) is 59.9 Å². The number of nitrogens with one attached hydrogen (secondary N) is 2. The molecule has 1 spiro atoms. The first-order chi connectivity index (χ1) is 21.7. The van der Waals surface area contributed by atoms with Crippen molar-refractivity contribution in [3.05, 3.63) is 91.9 Å². The number of ether oxygens (including phenoxy) is 1. The minimum atomic E-state index is -1.22. The Morgan fingerprint density at radius 3 is 2.40 bits per heavy atom. The summed E-state index contributed by atoms with van der Waals surface area (Å²) in [6.45, 7) is 2.88. The predicted octanol–water partition coefficient (Wildman–Crippen LogP) is 7.05. The predicted molar refractivity (Wildman–Crippen MR) is 177 cm³/mol. The zero-order valence-corrected chi connectivity index (χ0v) is 27.6. The number of carbonyl (C=O) groups excluding carboxylic acids is 3. The normalized spacial score (nSPS) is 24.9. The van der Waals surface area contributed by atoms with E-state index in [0.29, 0.717) is 53.0 Å². The molecule has 4 aliphatic rings. The van der Waals surface area contributed by atoms with Crippen LogP contribution in [0.4, 0.5) is 10.5 Å². The van der Waals surface area contributed by atoms with Gasteiger partial charge in [0.15, 0.2) is 0 Å². The topological polar surface area (TPSA) is 91.0 Å². The van der Waals surface area contributed by atoms with E-state index in [1.54, 1.807) is 18.2 Å². The molecule has 4 heterocycles. The minimum absolute atomic E-state index is 0.0973. The van der Waals surface area contributed by atoms with Crippen LogP contribution in [0.2, 0.25) is 10.0 Å². The number of rotatable bonds is 4. The molecule has 4 amide bonds. The van der Waals surface area contributed by atoms with E-state index in [1.165, 1.54) is 0 Å². The average molecular weight is 712 g/mol. The molecule has 0 bridgehead atoms. The SMILES string of the molecule is O=C1C[C@@H](c2cccc(Cl)c2)C2(C(=O)Nc3cc(Cl)ccc32)[C@@H](c2cc(Br)ccc2OC2CCN(C(=O)N3CCCC3)CC2)N1. The van der Waals surface area contributed by atoms with Crippen molar-refractivity contribution in [2.45, 2.75) is 55.6 Å². The van der Waals surface area contributed by atoms with Crippen LogP contribution in [0.3, 0.4) is 0 Å². The van der Waals surface area contributed by atoms with Gasteiger partial charge in [0.25, 0.3) is 0 Å². The number of hydrogen-bond donors (Lipinski definition) is 2. The number of halogens is 3. The molecule has 0 aromatic heterocycles. The Kier molecular flexibility index (Phi) is 8.21. The van der Waals surface area contributed by atoms with E-state index in [1.807, 2.05) is 52.3 Å². The van der Waals surface area contributed by atoms with Gasteiger partial charge in [0.1, 0.15) is 17.3 Å². The van der Waals surface area contributed by atoms with Gasteiger partial charge in [-0.2, -0.15) is 0 Å². The van der Waals surface area contributed by atoms with Crippen LogP contribution in [0.15, 0.2) is 65.1 Å². The molecule has 11 heteroatoms. The number of benzene rings is 3. The van der Waals surface area contributed by atoms with E-state index in [4.69, 9.17) is 27.9 Å². The number of nitrogens with zero attached hydrogens (tertiary/aromatic N) is 2. The number of hydrogen-bond acceptors (Lipinski definition) is 4. The maximum atomic E-state index is 14.4. The van der Waals surface area contributed by atoms with Crippen molar-refractivity contribution < 1.29 is 19.1 Å². The van der Waals surface area contributed by atoms with Crippen LogP contribution < -0.4 is 15.4 Å². The molecule has 234 valence electrons. The second-order valence-electron chi connectivity index (χ2n) is 12.3. The molecule has 3 atom stereocenters. The largest absolute Gasteiger partial charge is 0.490 e. The third-order valence-electron chi connectivity index (χ3n) is 9.67. The summed E-state index contributed by atoms with van der Waals surface area (Å²) in [6.07, 6.45) is 3.46. The zero-order chi connectivity index (χ0) is 31.3. The first kappa shape index (κ1) is 30.4. The van der Waals surface area contributed by atoms with Crippen molar-refractivity contribution in [3.8, 4) is 5.75 Å². The van der Waals surface area contributed by atoms with Crippen molar-refractivity contribution in [3.63, 3.8) is 0 Å². The summed E-state index contributed by atoms with van der Waals surface area (Å²) in [6, 6.07) is 17.8. The monoisotopic (exact) mass is 710 g/mol. The number of anilines is 1. The Balaban J connectivity index is 1.27. The highest BCUT2D eigenvalue weighted by Gasteiger charge is 2.61. The maximum Gasteiger partial charge on any atom is 0.320 e. The van der Waals surface area contributed by atoms with E-state index >= 15 is 0 Å². The third-order valence-corrected chi connectivity index (χ3v) is 10.6. The summed E-state index contributed by atoms with van der Waals surface area (Å²) in [5.74, 6) is -0.335. The fourth-order valence-corrected chi connectivity index (χ4v) is 8.32. The average Bonchev–Trinajstić information content (AvgIpc) is 3.66. The smallest absolute Gasteiger partial charge is 0.320 e. The van der Waals surface area contributed by atoms with Crippen LogP contribution in [0.5, 0.6) is 5.75 Å². The van der Waals surface area contributed by atoms with Gasteiger partial charge in [0.05, 0.1) is 6.04 Å². The Morgan fingerprint density at radius 1 is 0.911 bits per heavy atom. The quantitative estimate of drug-likeness (QED) is 0.304. The molecule has 3 fully saturated rings. The minimum Gasteiger partial charge on any atom is -0.490 e. The number of carbonyl (C=O) groups is 3. The summed E-state index contributed by atoms with van der Waals surface area (Å²) in [4.78, 5) is 44.8. The number of fused-ring (bicyclic) bond motifs is 2. The van der Waals surface area contributed by atoms with Crippen LogP contribution in [0.25, 0.3) is 0 Å². The van der Waals surface area contributed by atoms with Crippen molar-refractivity contribution in [1.82, 2.24) is 15.1 Å². The summed E-state index contributed by atoms with van der Waals surface area (Å²) in [5.41, 5.74) is 1.65. The van der Waals surface area contributed by atoms with Gasteiger partial charge in [-0.25, -0.2) is 4.79 Å². The second-order valence-corrected chi connectivity index (χ2v) is 14.1. The van der Waals surface area contributed by atoms with Crippen molar-refractivity contribution >= 4 is 62.7 Å². The van der Waals surface area contributed by atoms with Gasteiger partial charge in [0, 0.05) is 77.1 Å². The van der Waals surface area contributed by atoms with Crippen LogP contribution in [0.1, 0.15) is 60.8 Å². The van der Waals surface area contributed by atoms with Crippen LogP contribution >= 0.6 is 39.1 Å². The van der Waals surface area contributed by atoms with Crippen molar-refractivity contribution in [1.29, 1.82) is 0 Å². The molecule has 1 unspecified atom stereocenters. The van der Waals surface area contributed by atoms with E-state index in [0.717, 1.165) is 41.5 Å². The first-order valence-corrected chi connectivity index (χ1v) is 16.9.